The van der Waals surface area contributed by atoms with Crippen LogP contribution in [0.4, 0.5) is 0 Å². The van der Waals surface area contributed by atoms with Crippen molar-refractivity contribution in [2.24, 2.45) is 11.7 Å². The van der Waals surface area contributed by atoms with Crippen molar-refractivity contribution in [3.8, 4) is 0 Å². The Kier molecular flexibility index (Phi) is 4.73. The summed E-state index contributed by atoms with van der Waals surface area (Å²) in [5, 5.41) is 11.5. The van der Waals surface area contributed by atoms with E-state index >= 15 is 0 Å². The minimum absolute atomic E-state index is 0.115. The van der Waals surface area contributed by atoms with E-state index < -0.39 is 12.0 Å². The summed E-state index contributed by atoms with van der Waals surface area (Å²) in [7, 11) is 0. The highest BCUT2D eigenvalue weighted by Crippen LogP contribution is 2.32. The lowest BCUT2D eigenvalue weighted by molar-refractivity contribution is -0.142. The first-order valence-electron chi connectivity index (χ1n) is 5.82. The maximum absolute atomic E-state index is 11.5. The van der Waals surface area contributed by atoms with Crippen molar-refractivity contribution in [1.82, 2.24) is 5.32 Å². The van der Waals surface area contributed by atoms with Crippen LogP contribution in [-0.2, 0) is 9.59 Å². The number of amides is 1. The number of carboxylic acid groups (broad SMARTS) is 1. The molecule has 1 aliphatic carbocycles. The fourth-order valence-corrected chi connectivity index (χ4v) is 1.75. The van der Waals surface area contributed by atoms with Crippen molar-refractivity contribution in [2.75, 3.05) is 0 Å². The van der Waals surface area contributed by atoms with E-state index in [9.17, 15) is 9.59 Å². The Morgan fingerprint density at radius 3 is 2.56 bits per heavy atom. The molecular weight excluding hydrogens is 208 g/mol. The van der Waals surface area contributed by atoms with Gasteiger partial charge in [0.15, 0.2) is 0 Å². The van der Waals surface area contributed by atoms with Crippen molar-refractivity contribution < 1.29 is 14.7 Å². The van der Waals surface area contributed by atoms with Crippen LogP contribution in [-0.4, -0.2) is 29.1 Å². The molecule has 16 heavy (non-hydrogen) atoms. The van der Waals surface area contributed by atoms with Crippen LogP contribution in [0.2, 0.25) is 0 Å². The number of carbonyl (C=O) groups excluding carboxylic acids is 1. The summed E-state index contributed by atoms with van der Waals surface area (Å²) >= 11 is 0. The topological polar surface area (TPSA) is 92.4 Å². The molecule has 0 heterocycles. The summed E-state index contributed by atoms with van der Waals surface area (Å²) in [5.41, 5.74) is 5.72. The van der Waals surface area contributed by atoms with E-state index in [1.165, 1.54) is 0 Å². The largest absolute Gasteiger partial charge is 0.480 e. The van der Waals surface area contributed by atoms with Gasteiger partial charge in [0.2, 0.25) is 5.91 Å². The van der Waals surface area contributed by atoms with Gasteiger partial charge in [-0.15, -0.1) is 0 Å². The van der Waals surface area contributed by atoms with Gasteiger partial charge in [-0.3, -0.25) is 4.79 Å². The normalized spacial score (nSPS) is 18.9. The Morgan fingerprint density at radius 2 is 2.12 bits per heavy atom. The van der Waals surface area contributed by atoms with Gasteiger partial charge in [0, 0.05) is 12.5 Å². The summed E-state index contributed by atoms with van der Waals surface area (Å²) in [6, 6.07) is -0.889. The number of rotatable bonds is 7. The van der Waals surface area contributed by atoms with E-state index in [4.69, 9.17) is 10.8 Å². The van der Waals surface area contributed by atoms with Crippen LogP contribution in [0, 0.1) is 5.92 Å². The maximum atomic E-state index is 11.5. The first kappa shape index (κ1) is 13.0. The molecule has 0 aromatic heterocycles. The van der Waals surface area contributed by atoms with Crippen molar-refractivity contribution in [1.29, 1.82) is 0 Å². The SMILES string of the molecule is CCCC(N)CC(=O)NC(C(=O)O)C1CC1. The molecule has 0 bridgehead atoms. The van der Waals surface area contributed by atoms with Gasteiger partial charge in [-0.05, 0) is 25.2 Å². The fraction of sp³-hybridized carbons (Fsp3) is 0.818. The zero-order valence-corrected chi connectivity index (χ0v) is 9.61. The molecule has 2 unspecified atom stereocenters. The molecule has 5 nitrogen and oxygen atoms in total. The number of carbonyl (C=O) groups is 2. The number of nitrogens with one attached hydrogen (secondary N) is 1. The first-order valence-corrected chi connectivity index (χ1v) is 5.82. The number of nitrogens with two attached hydrogens (primary N) is 1. The van der Waals surface area contributed by atoms with E-state index in [2.05, 4.69) is 5.32 Å². The second kappa shape index (κ2) is 5.84. The Morgan fingerprint density at radius 1 is 1.50 bits per heavy atom. The molecule has 0 saturated heterocycles. The van der Waals surface area contributed by atoms with Gasteiger partial charge in [-0.25, -0.2) is 4.79 Å². The second-order valence-electron chi connectivity index (χ2n) is 4.47. The molecule has 1 fully saturated rings. The van der Waals surface area contributed by atoms with Gasteiger partial charge in [-0.2, -0.15) is 0 Å². The third kappa shape index (κ3) is 4.18. The van der Waals surface area contributed by atoms with Crippen LogP contribution >= 0.6 is 0 Å². The average Bonchev–Trinajstić information content (AvgIpc) is 2.97. The second-order valence-corrected chi connectivity index (χ2v) is 4.47. The van der Waals surface area contributed by atoms with Crippen LogP contribution in [0.15, 0.2) is 0 Å². The van der Waals surface area contributed by atoms with Gasteiger partial charge in [0.05, 0.1) is 0 Å². The molecule has 5 heteroatoms. The number of hydrogen-bond acceptors (Lipinski definition) is 3. The molecule has 0 radical (unpaired) electrons. The highest BCUT2D eigenvalue weighted by Gasteiger charge is 2.37. The molecule has 1 saturated carbocycles. The summed E-state index contributed by atoms with van der Waals surface area (Å²) in [6.07, 6.45) is 3.70. The Hall–Kier alpha value is -1.10. The Bertz CT molecular complexity index is 264. The fourth-order valence-electron chi connectivity index (χ4n) is 1.75. The van der Waals surface area contributed by atoms with E-state index in [0.29, 0.717) is 0 Å². The van der Waals surface area contributed by atoms with Crippen molar-refractivity contribution >= 4 is 11.9 Å². The minimum Gasteiger partial charge on any atom is -0.480 e. The zero-order valence-electron chi connectivity index (χ0n) is 9.61. The quantitative estimate of drug-likeness (QED) is 0.591. The van der Waals surface area contributed by atoms with Crippen molar-refractivity contribution in [2.45, 2.75) is 51.1 Å². The van der Waals surface area contributed by atoms with E-state index in [0.717, 1.165) is 25.7 Å². The van der Waals surface area contributed by atoms with Gasteiger partial charge in [0.25, 0.3) is 0 Å². The van der Waals surface area contributed by atoms with Crippen LogP contribution in [0.25, 0.3) is 0 Å². The zero-order chi connectivity index (χ0) is 12.1. The van der Waals surface area contributed by atoms with Gasteiger partial charge in [-0.1, -0.05) is 13.3 Å². The molecular formula is C11H20N2O3. The number of carboxylic acids is 1. The Labute approximate surface area is 95.4 Å². The predicted molar refractivity (Wildman–Crippen MR) is 59.8 cm³/mol. The van der Waals surface area contributed by atoms with E-state index in [1.807, 2.05) is 6.92 Å². The highest BCUT2D eigenvalue weighted by atomic mass is 16.4. The van der Waals surface area contributed by atoms with E-state index in [1.54, 1.807) is 0 Å². The molecule has 0 spiro atoms. The van der Waals surface area contributed by atoms with Gasteiger partial charge < -0.3 is 16.2 Å². The number of aliphatic carboxylic acids is 1. The lowest BCUT2D eigenvalue weighted by atomic mass is 10.1. The van der Waals surface area contributed by atoms with Crippen LogP contribution in [0.3, 0.4) is 0 Å². The molecule has 0 aromatic rings. The molecule has 1 rings (SSSR count). The number of hydrogen-bond donors (Lipinski definition) is 3. The Balaban J connectivity index is 2.33. The third-order valence-electron chi connectivity index (χ3n) is 2.78. The minimum atomic E-state index is -0.945. The predicted octanol–water partition coefficient (Wildman–Crippen LogP) is 0.483. The summed E-state index contributed by atoms with van der Waals surface area (Å²) < 4.78 is 0. The van der Waals surface area contributed by atoms with E-state index in [-0.39, 0.29) is 24.3 Å². The van der Waals surface area contributed by atoms with Crippen molar-refractivity contribution in [3.05, 3.63) is 0 Å². The summed E-state index contributed by atoms with van der Waals surface area (Å²) in [4.78, 5) is 22.4. The molecule has 0 aromatic carbocycles. The summed E-state index contributed by atoms with van der Waals surface area (Å²) in [6.45, 7) is 2.00. The van der Waals surface area contributed by atoms with Gasteiger partial charge in [0.1, 0.15) is 6.04 Å². The maximum Gasteiger partial charge on any atom is 0.326 e. The van der Waals surface area contributed by atoms with Gasteiger partial charge >= 0.3 is 5.97 Å². The molecule has 2 atom stereocenters. The highest BCUT2D eigenvalue weighted by molar-refractivity contribution is 5.84. The molecule has 92 valence electrons. The molecule has 4 N–H and O–H groups in total. The molecule has 1 amide bonds. The average molecular weight is 228 g/mol. The van der Waals surface area contributed by atoms with Crippen LogP contribution in [0.1, 0.15) is 39.0 Å². The third-order valence-corrected chi connectivity index (χ3v) is 2.78. The smallest absolute Gasteiger partial charge is 0.326 e. The van der Waals surface area contributed by atoms with Crippen LogP contribution < -0.4 is 11.1 Å². The summed E-state index contributed by atoms with van der Waals surface area (Å²) in [5.74, 6) is -1.08. The van der Waals surface area contributed by atoms with Crippen LogP contribution in [0.5, 0.6) is 0 Å². The monoisotopic (exact) mass is 228 g/mol. The lowest BCUT2D eigenvalue weighted by Gasteiger charge is -2.15. The molecule has 1 aliphatic rings. The molecule has 0 aliphatic heterocycles. The first-order chi connectivity index (χ1) is 7.54. The lowest BCUT2D eigenvalue weighted by Crippen LogP contribution is -2.44. The standard InChI is InChI=1S/C11H20N2O3/c1-2-3-8(12)6-9(14)13-10(11(15)16)7-4-5-7/h7-8,10H,2-6,12H2,1H3,(H,13,14)(H,15,16). The van der Waals surface area contributed by atoms with Crippen molar-refractivity contribution in [3.63, 3.8) is 0 Å².